The predicted octanol–water partition coefficient (Wildman–Crippen LogP) is 2.97. The maximum Gasteiger partial charge on any atom is 0.115 e. The average molecular weight is 279 g/mol. The van der Waals surface area contributed by atoms with Crippen LogP contribution >= 0.6 is 15.9 Å². The van der Waals surface area contributed by atoms with Crippen LogP contribution < -0.4 is 0 Å². The molecule has 2 aromatic rings. The zero-order valence-corrected chi connectivity index (χ0v) is 10.5. The smallest absolute Gasteiger partial charge is 0.115 e. The highest BCUT2D eigenvalue weighted by molar-refractivity contribution is 9.10. The topological polar surface area (TPSA) is 27.1 Å². The van der Waals surface area contributed by atoms with Crippen LogP contribution in [-0.4, -0.2) is 9.78 Å². The number of aromatic nitrogens is 2. The van der Waals surface area contributed by atoms with Crippen molar-refractivity contribution >= 4 is 15.9 Å². The van der Waals surface area contributed by atoms with Gasteiger partial charge in [0, 0.05) is 5.56 Å². The lowest BCUT2D eigenvalue weighted by Gasteiger charge is -2.07. The summed E-state index contributed by atoms with van der Waals surface area (Å²) in [7, 11) is 0. The normalized spacial score (nSPS) is 14.1. The fraction of sp³-hybridized carbons (Fsp3) is 0.250. The monoisotopic (exact) mass is 278 g/mol. The van der Waals surface area contributed by atoms with E-state index in [0.717, 1.165) is 16.0 Å². The van der Waals surface area contributed by atoms with Crippen LogP contribution in [0.2, 0.25) is 0 Å². The summed E-state index contributed by atoms with van der Waals surface area (Å²) in [5.74, 6) is 0. The molecule has 0 saturated carbocycles. The Morgan fingerprint density at radius 2 is 2.12 bits per heavy atom. The predicted molar refractivity (Wildman–Crippen MR) is 64.5 cm³/mol. The van der Waals surface area contributed by atoms with E-state index in [9.17, 15) is 0 Å². The van der Waals surface area contributed by atoms with Crippen LogP contribution in [0.25, 0.3) is 5.69 Å². The molecule has 16 heavy (non-hydrogen) atoms. The lowest BCUT2D eigenvalue weighted by atomic mass is 10.2. The van der Waals surface area contributed by atoms with Gasteiger partial charge in [-0.1, -0.05) is 18.2 Å². The molecule has 0 unspecified atom stereocenters. The molecule has 0 radical (unpaired) electrons. The van der Waals surface area contributed by atoms with Crippen molar-refractivity contribution in [2.24, 2.45) is 0 Å². The molecule has 0 fully saturated rings. The summed E-state index contributed by atoms with van der Waals surface area (Å²) >= 11 is 3.59. The van der Waals surface area contributed by atoms with E-state index in [2.05, 4.69) is 40.1 Å². The highest BCUT2D eigenvalue weighted by atomic mass is 79.9. The van der Waals surface area contributed by atoms with Gasteiger partial charge in [-0.3, -0.25) is 0 Å². The molecule has 1 aliphatic heterocycles. The molecule has 0 amide bonds. The molecule has 2 heterocycles. The summed E-state index contributed by atoms with van der Waals surface area (Å²) in [6, 6.07) is 8.22. The summed E-state index contributed by atoms with van der Waals surface area (Å²) in [5, 5.41) is 4.57. The van der Waals surface area contributed by atoms with Crippen LogP contribution in [0.5, 0.6) is 0 Å². The molecule has 3 nitrogen and oxygen atoms in total. The Bertz CT molecular complexity index is 548. The van der Waals surface area contributed by atoms with E-state index in [1.807, 2.05) is 16.8 Å². The van der Waals surface area contributed by atoms with Crippen molar-refractivity contribution < 1.29 is 4.74 Å². The fourth-order valence-corrected chi connectivity index (χ4v) is 2.55. The first-order chi connectivity index (χ1) is 7.77. The number of fused-ring (bicyclic) bond motifs is 1. The van der Waals surface area contributed by atoms with E-state index < -0.39 is 0 Å². The molecule has 0 spiro atoms. The summed E-state index contributed by atoms with van der Waals surface area (Å²) in [6.07, 6.45) is 0. The molecule has 0 atom stereocenters. The van der Waals surface area contributed by atoms with E-state index >= 15 is 0 Å². The Balaban J connectivity index is 2.18. The van der Waals surface area contributed by atoms with Gasteiger partial charge >= 0.3 is 0 Å². The Hall–Kier alpha value is -1.13. The van der Waals surface area contributed by atoms with E-state index in [1.54, 1.807) is 0 Å². The Labute approximate surface area is 102 Å². The third-order valence-corrected chi connectivity index (χ3v) is 3.65. The Kier molecular flexibility index (Phi) is 2.33. The van der Waals surface area contributed by atoms with Crippen LogP contribution in [0.1, 0.15) is 16.8 Å². The lowest BCUT2D eigenvalue weighted by molar-refractivity contribution is 0.131. The maximum absolute atomic E-state index is 5.35. The second-order valence-corrected chi connectivity index (χ2v) is 4.66. The van der Waals surface area contributed by atoms with Crippen LogP contribution in [0.3, 0.4) is 0 Å². The van der Waals surface area contributed by atoms with Gasteiger partial charge in [0.25, 0.3) is 0 Å². The van der Waals surface area contributed by atoms with Gasteiger partial charge in [-0.2, -0.15) is 5.10 Å². The zero-order valence-electron chi connectivity index (χ0n) is 8.90. The first kappa shape index (κ1) is 10.1. The van der Waals surface area contributed by atoms with Crippen LogP contribution in [0.4, 0.5) is 0 Å². The maximum atomic E-state index is 5.35. The Morgan fingerprint density at radius 1 is 1.31 bits per heavy atom. The number of halogens is 1. The summed E-state index contributed by atoms with van der Waals surface area (Å²) < 4.78 is 8.31. The lowest BCUT2D eigenvalue weighted by Crippen LogP contribution is -2.01. The van der Waals surface area contributed by atoms with Crippen molar-refractivity contribution in [1.29, 1.82) is 0 Å². The largest absolute Gasteiger partial charge is 0.370 e. The number of hydrogen-bond donors (Lipinski definition) is 0. The SMILES string of the molecule is Cc1ccccc1-n1nc2c(c1Br)COC2. The summed E-state index contributed by atoms with van der Waals surface area (Å²) in [4.78, 5) is 0. The van der Waals surface area contributed by atoms with E-state index in [4.69, 9.17) is 4.74 Å². The van der Waals surface area contributed by atoms with E-state index in [1.165, 1.54) is 11.1 Å². The third-order valence-electron chi connectivity index (χ3n) is 2.83. The van der Waals surface area contributed by atoms with Gasteiger partial charge in [0.15, 0.2) is 0 Å². The fourth-order valence-electron chi connectivity index (χ4n) is 1.94. The van der Waals surface area contributed by atoms with Gasteiger partial charge in [-0.25, -0.2) is 4.68 Å². The number of aryl methyl sites for hydroxylation is 1. The second kappa shape index (κ2) is 3.71. The van der Waals surface area contributed by atoms with Crippen molar-refractivity contribution in [3.63, 3.8) is 0 Å². The van der Waals surface area contributed by atoms with Gasteiger partial charge in [0.1, 0.15) is 4.60 Å². The average Bonchev–Trinajstić information content (AvgIpc) is 2.83. The first-order valence-electron chi connectivity index (χ1n) is 5.17. The first-order valence-corrected chi connectivity index (χ1v) is 5.96. The van der Waals surface area contributed by atoms with E-state index in [0.29, 0.717) is 13.2 Å². The molecule has 1 aliphatic rings. The van der Waals surface area contributed by atoms with Crippen LogP contribution in [0, 0.1) is 6.92 Å². The minimum atomic E-state index is 0.618. The Morgan fingerprint density at radius 3 is 2.88 bits per heavy atom. The molecule has 0 N–H and O–H groups in total. The molecular weight excluding hydrogens is 268 g/mol. The molecular formula is C12H11BrN2O. The highest BCUT2D eigenvalue weighted by Crippen LogP contribution is 2.30. The summed E-state index contributed by atoms with van der Waals surface area (Å²) in [6.45, 7) is 3.36. The van der Waals surface area contributed by atoms with Crippen molar-refractivity contribution in [2.75, 3.05) is 0 Å². The number of nitrogens with zero attached hydrogens (tertiary/aromatic N) is 2. The van der Waals surface area contributed by atoms with Gasteiger partial charge in [0.2, 0.25) is 0 Å². The van der Waals surface area contributed by atoms with Crippen molar-refractivity contribution in [1.82, 2.24) is 9.78 Å². The molecule has 0 bridgehead atoms. The summed E-state index contributed by atoms with van der Waals surface area (Å²) in [5.41, 5.74) is 4.53. The minimum Gasteiger partial charge on any atom is -0.370 e. The van der Waals surface area contributed by atoms with E-state index in [-0.39, 0.29) is 0 Å². The molecule has 0 aliphatic carbocycles. The second-order valence-electron chi connectivity index (χ2n) is 3.91. The number of rotatable bonds is 1. The van der Waals surface area contributed by atoms with Crippen molar-refractivity contribution in [3.05, 3.63) is 45.7 Å². The number of ether oxygens (including phenoxy) is 1. The zero-order chi connectivity index (χ0) is 11.1. The third kappa shape index (κ3) is 1.41. The molecule has 0 saturated heterocycles. The van der Waals surface area contributed by atoms with Crippen LogP contribution in [-0.2, 0) is 18.0 Å². The molecule has 3 rings (SSSR count). The standard InChI is InChI=1S/C12H11BrN2O/c1-8-4-2-3-5-11(8)15-12(13)9-6-16-7-10(9)14-15/h2-5H,6-7H2,1H3. The van der Waals surface area contributed by atoms with Crippen LogP contribution in [0.15, 0.2) is 28.9 Å². The van der Waals surface area contributed by atoms with Gasteiger partial charge in [-0.05, 0) is 34.5 Å². The molecule has 4 heteroatoms. The van der Waals surface area contributed by atoms with Gasteiger partial charge in [0.05, 0.1) is 24.6 Å². The molecule has 82 valence electrons. The minimum absolute atomic E-state index is 0.618. The number of benzene rings is 1. The molecule has 1 aromatic heterocycles. The van der Waals surface area contributed by atoms with Gasteiger partial charge in [-0.15, -0.1) is 0 Å². The van der Waals surface area contributed by atoms with Crippen molar-refractivity contribution in [2.45, 2.75) is 20.1 Å². The molecule has 1 aromatic carbocycles. The van der Waals surface area contributed by atoms with Gasteiger partial charge < -0.3 is 4.74 Å². The number of para-hydroxylation sites is 1. The highest BCUT2D eigenvalue weighted by Gasteiger charge is 2.22. The number of hydrogen-bond acceptors (Lipinski definition) is 2. The van der Waals surface area contributed by atoms with Crippen molar-refractivity contribution in [3.8, 4) is 5.69 Å². The quantitative estimate of drug-likeness (QED) is 0.802.